The summed E-state index contributed by atoms with van der Waals surface area (Å²) in [7, 11) is 0. The molecule has 3 nitrogen and oxygen atoms in total. The Kier molecular flexibility index (Phi) is 2.97. The molecule has 0 fully saturated rings. The van der Waals surface area contributed by atoms with Crippen molar-refractivity contribution in [1.82, 2.24) is 9.38 Å². The Morgan fingerprint density at radius 1 is 1.31 bits per heavy atom. The molecule has 0 amide bonds. The summed E-state index contributed by atoms with van der Waals surface area (Å²) in [6.07, 6.45) is 3.05. The topological polar surface area (TPSA) is 43.3 Å². The van der Waals surface area contributed by atoms with Crippen molar-refractivity contribution in [3.05, 3.63) is 35.9 Å². The number of imidazole rings is 1. The Bertz CT molecular complexity index is 483. The predicted molar refractivity (Wildman–Crippen MR) is 66.3 cm³/mol. The second-order valence-electron chi connectivity index (χ2n) is 4.76. The van der Waals surface area contributed by atoms with Gasteiger partial charge in [-0.05, 0) is 25.0 Å². The number of fused-ring (bicyclic) bond motifs is 1. The molecule has 0 spiro atoms. The molecule has 2 N–H and O–H groups in total. The van der Waals surface area contributed by atoms with Gasteiger partial charge in [0.2, 0.25) is 0 Å². The van der Waals surface area contributed by atoms with E-state index in [1.807, 2.05) is 19.1 Å². The molecule has 0 aliphatic carbocycles. The minimum Gasteiger partial charge on any atom is -0.323 e. The van der Waals surface area contributed by atoms with Crippen LogP contribution in [0.1, 0.15) is 38.3 Å². The van der Waals surface area contributed by atoms with Gasteiger partial charge in [-0.1, -0.05) is 19.9 Å². The van der Waals surface area contributed by atoms with Crippen LogP contribution in [0.15, 0.2) is 24.4 Å². The van der Waals surface area contributed by atoms with Gasteiger partial charge in [-0.15, -0.1) is 0 Å². The summed E-state index contributed by atoms with van der Waals surface area (Å²) in [4.78, 5) is 4.67. The van der Waals surface area contributed by atoms with Crippen LogP contribution in [0.25, 0.3) is 5.52 Å². The van der Waals surface area contributed by atoms with Gasteiger partial charge in [0.25, 0.3) is 0 Å². The average Bonchev–Trinajstić information content (AvgIpc) is 2.57. The largest absolute Gasteiger partial charge is 0.323 e. The van der Waals surface area contributed by atoms with Gasteiger partial charge in [-0.2, -0.15) is 0 Å². The van der Waals surface area contributed by atoms with E-state index < -0.39 is 0 Å². The first-order valence-corrected chi connectivity index (χ1v) is 5.81. The van der Waals surface area contributed by atoms with E-state index in [2.05, 4.69) is 35.5 Å². The Morgan fingerprint density at radius 2 is 2.06 bits per heavy atom. The summed E-state index contributed by atoms with van der Waals surface area (Å²) in [5, 5.41) is 0. The molecule has 0 aromatic carbocycles. The fourth-order valence-corrected chi connectivity index (χ4v) is 1.97. The molecular formula is C13H19N3. The van der Waals surface area contributed by atoms with Crippen molar-refractivity contribution in [3.63, 3.8) is 0 Å². The molecule has 86 valence electrons. The van der Waals surface area contributed by atoms with Crippen molar-refractivity contribution in [1.29, 1.82) is 0 Å². The van der Waals surface area contributed by atoms with Crippen LogP contribution in [0.2, 0.25) is 0 Å². The second kappa shape index (κ2) is 4.26. The summed E-state index contributed by atoms with van der Waals surface area (Å²) < 4.78 is 2.15. The van der Waals surface area contributed by atoms with Crippen molar-refractivity contribution >= 4 is 5.52 Å². The van der Waals surface area contributed by atoms with Gasteiger partial charge in [-0.25, -0.2) is 4.98 Å². The average molecular weight is 217 g/mol. The lowest BCUT2D eigenvalue weighted by Gasteiger charge is -2.03. The summed E-state index contributed by atoms with van der Waals surface area (Å²) >= 11 is 0. The minimum absolute atomic E-state index is 0.0155. The van der Waals surface area contributed by atoms with Gasteiger partial charge in [0.1, 0.15) is 5.82 Å². The highest BCUT2D eigenvalue weighted by Crippen LogP contribution is 2.19. The number of hydrogen-bond donors (Lipinski definition) is 1. The molecular weight excluding hydrogens is 198 g/mol. The predicted octanol–water partition coefficient (Wildman–Crippen LogP) is 2.55. The zero-order valence-electron chi connectivity index (χ0n) is 10.1. The summed E-state index contributed by atoms with van der Waals surface area (Å²) in [5.41, 5.74) is 8.08. The van der Waals surface area contributed by atoms with Crippen LogP contribution in [0.3, 0.4) is 0 Å². The first kappa shape index (κ1) is 11.1. The first-order valence-electron chi connectivity index (χ1n) is 5.81. The van der Waals surface area contributed by atoms with Gasteiger partial charge in [-0.3, -0.25) is 0 Å². The normalized spacial score (nSPS) is 13.6. The van der Waals surface area contributed by atoms with Crippen LogP contribution >= 0.6 is 0 Å². The van der Waals surface area contributed by atoms with E-state index in [9.17, 15) is 0 Å². The van der Waals surface area contributed by atoms with E-state index >= 15 is 0 Å². The quantitative estimate of drug-likeness (QED) is 0.858. The maximum Gasteiger partial charge on any atom is 0.113 e. The highest BCUT2D eigenvalue weighted by molar-refractivity contribution is 5.54. The lowest BCUT2D eigenvalue weighted by Crippen LogP contribution is -2.06. The van der Waals surface area contributed by atoms with Gasteiger partial charge >= 0.3 is 0 Å². The fraction of sp³-hybridized carbons (Fsp3) is 0.462. The molecule has 16 heavy (non-hydrogen) atoms. The Labute approximate surface area is 96.3 Å². The molecule has 2 aromatic rings. The lowest BCUT2D eigenvalue weighted by molar-refractivity contribution is 0.616. The van der Waals surface area contributed by atoms with Crippen LogP contribution in [0.4, 0.5) is 0 Å². The third-order valence-corrected chi connectivity index (χ3v) is 2.67. The molecule has 0 radical (unpaired) electrons. The maximum absolute atomic E-state index is 5.95. The highest BCUT2D eigenvalue weighted by Gasteiger charge is 2.13. The van der Waals surface area contributed by atoms with Crippen molar-refractivity contribution in [2.75, 3.05) is 0 Å². The third kappa shape index (κ3) is 1.95. The SMILES string of the molecule is CC(C)Cc1nc(C(C)N)c2ccccn12. The van der Waals surface area contributed by atoms with Crippen LogP contribution in [0, 0.1) is 5.92 Å². The molecule has 2 aromatic heterocycles. The van der Waals surface area contributed by atoms with Crippen LogP contribution < -0.4 is 5.73 Å². The zero-order valence-corrected chi connectivity index (χ0v) is 10.1. The van der Waals surface area contributed by atoms with E-state index in [0.29, 0.717) is 5.92 Å². The third-order valence-electron chi connectivity index (χ3n) is 2.67. The van der Waals surface area contributed by atoms with Crippen molar-refractivity contribution in [3.8, 4) is 0 Å². The molecule has 0 saturated carbocycles. The van der Waals surface area contributed by atoms with Crippen molar-refractivity contribution in [2.45, 2.75) is 33.2 Å². The molecule has 3 heteroatoms. The van der Waals surface area contributed by atoms with Crippen molar-refractivity contribution in [2.24, 2.45) is 11.7 Å². The van der Waals surface area contributed by atoms with Crippen molar-refractivity contribution < 1.29 is 0 Å². The number of aromatic nitrogens is 2. The zero-order chi connectivity index (χ0) is 11.7. The monoisotopic (exact) mass is 217 g/mol. The maximum atomic E-state index is 5.95. The summed E-state index contributed by atoms with van der Waals surface area (Å²) in [6.45, 7) is 6.39. The Balaban J connectivity index is 2.57. The van der Waals surface area contributed by atoms with E-state index in [4.69, 9.17) is 5.73 Å². The van der Waals surface area contributed by atoms with Crippen LogP contribution in [-0.2, 0) is 6.42 Å². The molecule has 1 atom stereocenters. The summed E-state index contributed by atoms with van der Waals surface area (Å²) in [6, 6.07) is 6.12. The molecule has 0 bridgehead atoms. The minimum atomic E-state index is -0.0155. The van der Waals surface area contributed by atoms with E-state index in [-0.39, 0.29) is 6.04 Å². The number of pyridine rings is 1. The van der Waals surface area contributed by atoms with Crippen LogP contribution in [0.5, 0.6) is 0 Å². The van der Waals surface area contributed by atoms with Gasteiger partial charge in [0.05, 0.1) is 11.2 Å². The number of nitrogens with two attached hydrogens (primary N) is 1. The Morgan fingerprint density at radius 3 is 2.69 bits per heavy atom. The molecule has 0 aliphatic heterocycles. The Hall–Kier alpha value is -1.35. The van der Waals surface area contributed by atoms with Gasteiger partial charge in [0, 0.05) is 18.7 Å². The molecule has 2 heterocycles. The smallest absolute Gasteiger partial charge is 0.113 e. The number of hydrogen-bond acceptors (Lipinski definition) is 2. The molecule has 2 rings (SSSR count). The van der Waals surface area contributed by atoms with Gasteiger partial charge < -0.3 is 10.1 Å². The number of rotatable bonds is 3. The first-order chi connectivity index (χ1) is 7.59. The molecule has 0 aliphatic rings. The summed E-state index contributed by atoms with van der Waals surface area (Å²) in [5.74, 6) is 1.71. The standard InChI is InChI=1S/C13H19N3/c1-9(2)8-12-15-13(10(3)14)11-6-4-5-7-16(11)12/h4-7,9-10H,8,14H2,1-3H3. The molecule has 1 unspecified atom stereocenters. The van der Waals surface area contributed by atoms with E-state index in [1.165, 1.54) is 0 Å². The fourth-order valence-electron chi connectivity index (χ4n) is 1.97. The van der Waals surface area contributed by atoms with Crippen LogP contribution in [-0.4, -0.2) is 9.38 Å². The van der Waals surface area contributed by atoms with E-state index in [0.717, 1.165) is 23.5 Å². The highest BCUT2D eigenvalue weighted by atomic mass is 15.0. The second-order valence-corrected chi connectivity index (χ2v) is 4.76. The molecule has 0 saturated heterocycles. The van der Waals surface area contributed by atoms with E-state index in [1.54, 1.807) is 0 Å². The number of nitrogens with zero attached hydrogens (tertiary/aromatic N) is 2. The lowest BCUT2D eigenvalue weighted by atomic mass is 10.1. The van der Waals surface area contributed by atoms with Gasteiger partial charge in [0.15, 0.2) is 0 Å².